The van der Waals surface area contributed by atoms with Crippen LogP contribution in [0.5, 0.6) is 0 Å². The van der Waals surface area contributed by atoms with Gasteiger partial charge >= 0.3 is 6.11 Å². The van der Waals surface area contributed by atoms with E-state index in [2.05, 4.69) is 23.2 Å². The molecule has 7 heteroatoms. The van der Waals surface area contributed by atoms with Crippen molar-refractivity contribution in [3.63, 3.8) is 0 Å². The van der Waals surface area contributed by atoms with Crippen molar-refractivity contribution < 1.29 is 23.0 Å². The largest absolute Gasteiger partial charge is 0.513 e. The summed E-state index contributed by atoms with van der Waals surface area (Å²) in [6, 6.07) is 6.91. The van der Waals surface area contributed by atoms with Crippen molar-refractivity contribution in [2.24, 2.45) is 0 Å². The summed E-state index contributed by atoms with van der Waals surface area (Å²) < 4.78 is 38.6. The van der Waals surface area contributed by atoms with Crippen molar-refractivity contribution in [1.29, 1.82) is 5.41 Å². The van der Waals surface area contributed by atoms with Crippen molar-refractivity contribution in [1.82, 2.24) is 0 Å². The zero-order valence-electron chi connectivity index (χ0n) is 14.6. The summed E-state index contributed by atoms with van der Waals surface area (Å²) in [5, 5.41) is 19.9. The van der Waals surface area contributed by atoms with Crippen molar-refractivity contribution in [3.05, 3.63) is 54.6 Å². The Labute approximate surface area is 150 Å². The molecule has 0 fully saturated rings. The first-order valence-electron chi connectivity index (χ1n) is 8.14. The molecule has 1 aromatic heterocycles. The fourth-order valence-electron chi connectivity index (χ4n) is 2.38. The fraction of sp³-hybridized carbons (Fsp3) is 0.316. The van der Waals surface area contributed by atoms with E-state index in [9.17, 15) is 8.78 Å². The molecule has 0 unspecified atom stereocenters. The highest BCUT2D eigenvalue weighted by Gasteiger charge is 2.35. The van der Waals surface area contributed by atoms with E-state index in [1.165, 1.54) is 6.92 Å². The predicted molar refractivity (Wildman–Crippen MR) is 98.0 cm³/mol. The summed E-state index contributed by atoms with van der Waals surface area (Å²) in [5.41, 5.74) is 0.207. The van der Waals surface area contributed by atoms with E-state index in [0.29, 0.717) is 30.2 Å². The van der Waals surface area contributed by atoms with E-state index in [1.54, 1.807) is 24.3 Å². The number of halogens is 2. The Kier molecular flexibility index (Phi) is 6.15. The number of rotatable bonds is 10. The molecule has 1 aromatic carbocycles. The molecule has 0 amide bonds. The van der Waals surface area contributed by atoms with Gasteiger partial charge in [0.05, 0.1) is 23.8 Å². The highest BCUT2D eigenvalue weighted by molar-refractivity contribution is 6.07. The normalized spacial score (nSPS) is 11.5. The first kappa shape index (κ1) is 19.7. The quantitative estimate of drug-likeness (QED) is 0.291. The van der Waals surface area contributed by atoms with Crippen LogP contribution >= 0.6 is 0 Å². The van der Waals surface area contributed by atoms with E-state index in [1.807, 2.05) is 0 Å². The SMILES string of the molecule is C=C(O)CCCCOC(F)(F)C(=C)Nc1c(C(C)=N)oc2ccccc12. The molecule has 5 nitrogen and oxygen atoms in total. The van der Waals surface area contributed by atoms with Gasteiger partial charge in [-0.15, -0.1) is 0 Å². The molecule has 2 rings (SSSR count). The van der Waals surface area contributed by atoms with Crippen LogP contribution in [-0.4, -0.2) is 23.5 Å². The summed E-state index contributed by atoms with van der Waals surface area (Å²) in [6.45, 7) is 8.04. The number of nitrogens with one attached hydrogen (secondary N) is 2. The van der Waals surface area contributed by atoms with Crippen LogP contribution in [0, 0.1) is 5.41 Å². The van der Waals surface area contributed by atoms with Gasteiger partial charge in [-0.25, -0.2) is 0 Å². The first-order valence-corrected chi connectivity index (χ1v) is 8.14. The summed E-state index contributed by atoms with van der Waals surface area (Å²) in [5.74, 6) is 0.189. The van der Waals surface area contributed by atoms with E-state index in [0.717, 1.165) is 0 Å². The van der Waals surface area contributed by atoms with Gasteiger partial charge in [0.15, 0.2) is 5.76 Å². The van der Waals surface area contributed by atoms with Crippen LogP contribution in [-0.2, 0) is 4.74 Å². The minimum absolute atomic E-state index is 0.0178. The number of hydrogen-bond donors (Lipinski definition) is 3. The third kappa shape index (κ3) is 4.70. The molecule has 0 aliphatic carbocycles. The molecule has 140 valence electrons. The number of para-hydroxylation sites is 1. The Morgan fingerprint density at radius 1 is 1.31 bits per heavy atom. The second kappa shape index (κ2) is 8.14. The molecule has 0 saturated heterocycles. The number of benzene rings is 1. The minimum atomic E-state index is -3.60. The number of allylic oxidation sites excluding steroid dienone is 1. The average molecular weight is 364 g/mol. The van der Waals surface area contributed by atoms with E-state index >= 15 is 0 Å². The van der Waals surface area contributed by atoms with Crippen LogP contribution in [0.1, 0.15) is 31.9 Å². The second-order valence-corrected chi connectivity index (χ2v) is 5.92. The van der Waals surface area contributed by atoms with Gasteiger partial charge in [-0.05, 0) is 31.9 Å². The lowest BCUT2D eigenvalue weighted by Gasteiger charge is -2.20. The molecule has 0 bridgehead atoms. The number of aliphatic hydroxyl groups excluding tert-OH is 1. The first-order chi connectivity index (χ1) is 12.2. The van der Waals surface area contributed by atoms with Crippen molar-refractivity contribution in [2.45, 2.75) is 32.3 Å². The molecule has 26 heavy (non-hydrogen) atoms. The van der Waals surface area contributed by atoms with Gasteiger partial charge in [0, 0.05) is 11.8 Å². The molecular weight excluding hydrogens is 342 g/mol. The monoisotopic (exact) mass is 364 g/mol. The molecule has 0 saturated carbocycles. The van der Waals surface area contributed by atoms with Crippen molar-refractivity contribution in [3.8, 4) is 0 Å². The number of unbranched alkanes of at least 4 members (excludes halogenated alkanes) is 1. The van der Waals surface area contributed by atoms with E-state index < -0.39 is 11.8 Å². The van der Waals surface area contributed by atoms with Crippen LogP contribution in [0.15, 0.2) is 53.3 Å². The van der Waals surface area contributed by atoms with Crippen molar-refractivity contribution in [2.75, 3.05) is 11.9 Å². The number of aliphatic hydroxyl groups is 1. The highest BCUT2D eigenvalue weighted by Crippen LogP contribution is 2.35. The third-order valence-electron chi connectivity index (χ3n) is 3.71. The standard InChI is InChI=1S/C19H22F2N2O3/c1-12(24)8-6-7-11-25-19(20,21)14(3)23-17-15-9-4-5-10-16(15)26-18(17)13(2)22/h4-5,9-10,22-24H,1,3,6-8,11H2,2H3. The van der Waals surface area contributed by atoms with Gasteiger partial charge in [0.25, 0.3) is 0 Å². The fourth-order valence-corrected chi connectivity index (χ4v) is 2.38. The lowest BCUT2D eigenvalue weighted by molar-refractivity contribution is -0.208. The third-order valence-corrected chi connectivity index (χ3v) is 3.71. The minimum Gasteiger partial charge on any atom is -0.513 e. The Morgan fingerprint density at radius 2 is 2.00 bits per heavy atom. The zero-order chi connectivity index (χ0) is 19.3. The van der Waals surface area contributed by atoms with Crippen LogP contribution < -0.4 is 5.32 Å². The Hall–Kier alpha value is -2.67. The molecule has 0 radical (unpaired) electrons. The van der Waals surface area contributed by atoms with Gasteiger partial charge < -0.3 is 25.0 Å². The van der Waals surface area contributed by atoms with Crippen molar-refractivity contribution >= 4 is 22.4 Å². The van der Waals surface area contributed by atoms with Gasteiger partial charge in [0.2, 0.25) is 0 Å². The number of anilines is 1. The maximum absolute atomic E-state index is 14.2. The van der Waals surface area contributed by atoms with Gasteiger partial charge in [-0.2, -0.15) is 8.78 Å². The number of hydrogen-bond acceptors (Lipinski definition) is 5. The molecule has 0 aliphatic rings. The summed E-state index contributed by atoms with van der Waals surface area (Å²) >= 11 is 0. The van der Waals surface area contributed by atoms with E-state index in [4.69, 9.17) is 14.9 Å². The average Bonchev–Trinajstić information content (AvgIpc) is 2.93. The predicted octanol–water partition coefficient (Wildman–Crippen LogP) is 5.60. The lowest BCUT2D eigenvalue weighted by atomic mass is 10.2. The maximum atomic E-state index is 14.2. The summed E-state index contributed by atoms with van der Waals surface area (Å²) in [6.07, 6.45) is -2.41. The van der Waals surface area contributed by atoms with Crippen LogP contribution in [0.2, 0.25) is 0 Å². The van der Waals surface area contributed by atoms with Gasteiger partial charge in [-0.1, -0.05) is 25.3 Å². The number of fused-ring (bicyclic) bond motifs is 1. The molecule has 0 spiro atoms. The molecule has 0 aliphatic heterocycles. The molecule has 2 aromatic rings. The summed E-state index contributed by atoms with van der Waals surface area (Å²) in [4.78, 5) is 0. The van der Waals surface area contributed by atoms with E-state index in [-0.39, 0.29) is 29.5 Å². The lowest BCUT2D eigenvalue weighted by Crippen LogP contribution is -2.28. The topological polar surface area (TPSA) is 78.5 Å². The second-order valence-electron chi connectivity index (χ2n) is 5.92. The molecule has 1 heterocycles. The molecule has 0 atom stereocenters. The van der Waals surface area contributed by atoms with Gasteiger partial charge in [-0.3, -0.25) is 0 Å². The summed E-state index contributed by atoms with van der Waals surface area (Å²) in [7, 11) is 0. The zero-order valence-corrected chi connectivity index (χ0v) is 14.6. The maximum Gasteiger partial charge on any atom is 0.397 e. The Morgan fingerprint density at radius 3 is 2.65 bits per heavy atom. The molecular formula is C19H22F2N2O3. The number of alkyl halides is 2. The molecule has 3 N–H and O–H groups in total. The smallest absolute Gasteiger partial charge is 0.397 e. The van der Waals surface area contributed by atoms with Crippen LogP contribution in [0.4, 0.5) is 14.5 Å². The Bertz CT molecular complexity index is 827. The van der Waals surface area contributed by atoms with Crippen LogP contribution in [0.3, 0.4) is 0 Å². The number of furan rings is 1. The number of ether oxygens (including phenoxy) is 1. The van der Waals surface area contributed by atoms with Crippen LogP contribution in [0.25, 0.3) is 11.0 Å². The Balaban J connectivity index is 2.08. The van der Waals surface area contributed by atoms with Gasteiger partial charge in [0.1, 0.15) is 11.3 Å². The highest BCUT2D eigenvalue weighted by atomic mass is 19.3.